The van der Waals surface area contributed by atoms with E-state index in [0.29, 0.717) is 16.5 Å². The molecule has 0 fully saturated rings. The first-order valence-electron chi connectivity index (χ1n) is 3.70. The van der Waals surface area contributed by atoms with E-state index in [-0.39, 0.29) is 5.82 Å². The van der Waals surface area contributed by atoms with Crippen LogP contribution in [0.15, 0.2) is 24.3 Å². The maximum atomic E-state index is 13.1. The van der Waals surface area contributed by atoms with Crippen molar-refractivity contribution in [2.75, 3.05) is 5.33 Å². The third-order valence-corrected chi connectivity index (χ3v) is 1.89. The molecule has 66 valence electrons. The van der Waals surface area contributed by atoms with Crippen molar-refractivity contribution in [3.63, 3.8) is 0 Å². The first-order valence-corrected chi connectivity index (χ1v) is 4.82. The van der Waals surface area contributed by atoms with E-state index < -0.39 is 0 Å². The maximum absolute atomic E-state index is 13.1. The summed E-state index contributed by atoms with van der Waals surface area (Å²) in [6.45, 7) is 0. The molecule has 0 aliphatic rings. The molecule has 0 unspecified atom stereocenters. The minimum absolute atomic E-state index is 0.309. The molecular weight excluding hydrogens is 233 g/mol. The summed E-state index contributed by atoms with van der Waals surface area (Å²) < 4.78 is 13.1. The van der Waals surface area contributed by atoms with E-state index in [2.05, 4.69) is 15.9 Å². The Labute approximate surface area is 84.6 Å². The van der Waals surface area contributed by atoms with Gasteiger partial charge >= 0.3 is 0 Å². The zero-order valence-corrected chi connectivity index (χ0v) is 8.38. The predicted octanol–water partition coefficient (Wildman–Crippen LogP) is 3.11. The van der Waals surface area contributed by atoms with Gasteiger partial charge in [-0.2, -0.15) is 5.26 Å². The second-order valence-corrected chi connectivity index (χ2v) is 3.05. The van der Waals surface area contributed by atoms with Crippen LogP contribution in [0.25, 0.3) is 6.08 Å². The summed E-state index contributed by atoms with van der Waals surface area (Å²) in [5.41, 5.74) is 0.911. The molecule has 1 rings (SSSR count). The molecule has 0 saturated carbocycles. The van der Waals surface area contributed by atoms with Crippen LogP contribution in [0.5, 0.6) is 0 Å². The molecule has 1 aromatic rings. The fourth-order valence-electron chi connectivity index (χ4n) is 0.913. The number of hydrogen-bond donors (Lipinski definition) is 0. The van der Waals surface area contributed by atoms with Crippen LogP contribution in [0.3, 0.4) is 0 Å². The van der Waals surface area contributed by atoms with Crippen LogP contribution < -0.4 is 0 Å². The van der Waals surface area contributed by atoms with Crippen molar-refractivity contribution in [1.29, 1.82) is 5.26 Å². The Hall–Kier alpha value is -1.14. The number of nitriles is 1. The summed E-state index contributed by atoms with van der Waals surface area (Å²) in [5.74, 6) is -0.309. The van der Waals surface area contributed by atoms with Gasteiger partial charge < -0.3 is 0 Å². The zero-order chi connectivity index (χ0) is 9.68. The van der Waals surface area contributed by atoms with E-state index in [4.69, 9.17) is 5.26 Å². The van der Waals surface area contributed by atoms with E-state index in [1.165, 1.54) is 18.2 Å². The van der Waals surface area contributed by atoms with Crippen LogP contribution in [-0.4, -0.2) is 5.33 Å². The zero-order valence-electron chi connectivity index (χ0n) is 6.80. The fraction of sp³-hybridized carbons (Fsp3) is 0.100. The molecule has 0 amide bonds. The van der Waals surface area contributed by atoms with Gasteiger partial charge in [-0.05, 0) is 18.2 Å². The minimum atomic E-state index is -0.309. The van der Waals surface area contributed by atoms with E-state index >= 15 is 0 Å². The Morgan fingerprint density at radius 1 is 1.54 bits per heavy atom. The van der Waals surface area contributed by atoms with Gasteiger partial charge in [0.2, 0.25) is 0 Å². The average molecular weight is 240 g/mol. The Balaban J connectivity index is 3.06. The van der Waals surface area contributed by atoms with Crippen molar-refractivity contribution in [3.8, 4) is 6.07 Å². The Kier molecular flexibility index (Phi) is 3.66. The van der Waals surface area contributed by atoms with Crippen LogP contribution in [0.1, 0.15) is 11.1 Å². The molecule has 1 nitrogen and oxygen atoms in total. The van der Waals surface area contributed by atoms with Crippen molar-refractivity contribution >= 4 is 22.0 Å². The number of hydrogen-bond acceptors (Lipinski definition) is 1. The third-order valence-electron chi connectivity index (χ3n) is 1.51. The maximum Gasteiger partial charge on any atom is 0.130 e. The number of nitrogens with zero attached hydrogens (tertiary/aromatic N) is 1. The van der Waals surface area contributed by atoms with Crippen LogP contribution in [0.4, 0.5) is 4.39 Å². The second kappa shape index (κ2) is 4.78. The summed E-state index contributed by atoms with van der Waals surface area (Å²) in [6.07, 6.45) is 3.42. The van der Waals surface area contributed by atoms with Gasteiger partial charge in [0.05, 0.1) is 11.6 Å². The Bertz CT molecular complexity index is 366. The second-order valence-electron chi connectivity index (χ2n) is 2.40. The monoisotopic (exact) mass is 239 g/mol. The summed E-state index contributed by atoms with van der Waals surface area (Å²) in [7, 11) is 0. The molecule has 0 aliphatic heterocycles. The quantitative estimate of drug-likeness (QED) is 0.728. The van der Waals surface area contributed by atoms with E-state index in [1.54, 1.807) is 12.2 Å². The lowest BCUT2D eigenvalue weighted by Crippen LogP contribution is -1.83. The van der Waals surface area contributed by atoms with Crippen LogP contribution in [0.2, 0.25) is 0 Å². The van der Waals surface area contributed by atoms with E-state index in [0.717, 1.165) is 0 Å². The van der Waals surface area contributed by atoms with Crippen molar-refractivity contribution in [2.24, 2.45) is 0 Å². The van der Waals surface area contributed by atoms with Gasteiger partial charge in [0.15, 0.2) is 0 Å². The smallest absolute Gasteiger partial charge is 0.130 e. The lowest BCUT2D eigenvalue weighted by Gasteiger charge is -1.96. The van der Waals surface area contributed by atoms with Gasteiger partial charge in [-0.3, -0.25) is 0 Å². The molecule has 0 heterocycles. The van der Waals surface area contributed by atoms with E-state index in [1.807, 2.05) is 6.07 Å². The number of benzene rings is 1. The normalized spacial score (nSPS) is 10.2. The highest BCUT2D eigenvalue weighted by Crippen LogP contribution is 2.11. The van der Waals surface area contributed by atoms with Gasteiger partial charge in [-0.25, -0.2) is 4.39 Å². The van der Waals surface area contributed by atoms with Gasteiger partial charge in [0.1, 0.15) is 5.82 Å². The molecule has 0 bridgehead atoms. The lowest BCUT2D eigenvalue weighted by molar-refractivity contribution is 0.625. The standard InChI is InChI=1S/C10H7BrFN/c11-5-1-2-9-6-8(7-13)3-4-10(9)12/h1-4,6H,5H2. The van der Waals surface area contributed by atoms with Crippen molar-refractivity contribution in [2.45, 2.75) is 0 Å². The molecule has 0 aromatic heterocycles. The van der Waals surface area contributed by atoms with Gasteiger partial charge in [0.25, 0.3) is 0 Å². The summed E-state index contributed by atoms with van der Waals surface area (Å²) in [6, 6.07) is 6.24. The van der Waals surface area contributed by atoms with Gasteiger partial charge in [0, 0.05) is 10.9 Å². The van der Waals surface area contributed by atoms with Crippen molar-refractivity contribution in [3.05, 3.63) is 41.2 Å². The van der Waals surface area contributed by atoms with E-state index in [9.17, 15) is 4.39 Å². The Morgan fingerprint density at radius 2 is 2.31 bits per heavy atom. The molecule has 13 heavy (non-hydrogen) atoms. The third kappa shape index (κ3) is 2.67. The molecule has 0 aliphatic carbocycles. The molecular formula is C10H7BrFN. The largest absolute Gasteiger partial charge is 0.206 e. The minimum Gasteiger partial charge on any atom is -0.206 e. The number of alkyl halides is 1. The number of halogens is 2. The van der Waals surface area contributed by atoms with Gasteiger partial charge in [-0.15, -0.1) is 0 Å². The van der Waals surface area contributed by atoms with Crippen LogP contribution in [-0.2, 0) is 0 Å². The Morgan fingerprint density at radius 3 is 2.92 bits per heavy atom. The predicted molar refractivity (Wildman–Crippen MR) is 53.9 cm³/mol. The van der Waals surface area contributed by atoms with Crippen LogP contribution >= 0.6 is 15.9 Å². The summed E-state index contributed by atoms with van der Waals surface area (Å²) in [5, 5.41) is 9.24. The topological polar surface area (TPSA) is 23.8 Å². The molecule has 0 saturated heterocycles. The summed E-state index contributed by atoms with van der Waals surface area (Å²) >= 11 is 3.19. The van der Waals surface area contributed by atoms with Crippen molar-refractivity contribution in [1.82, 2.24) is 0 Å². The highest BCUT2D eigenvalue weighted by Gasteiger charge is 1.98. The number of allylic oxidation sites excluding steroid dienone is 1. The summed E-state index contributed by atoms with van der Waals surface area (Å²) in [4.78, 5) is 0. The molecule has 3 heteroatoms. The van der Waals surface area contributed by atoms with Crippen LogP contribution in [0, 0.1) is 17.1 Å². The molecule has 0 atom stereocenters. The first-order chi connectivity index (χ1) is 6.27. The highest BCUT2D eigenvalue weighted by atomic mass is 79.9. The van der Waals surface area contributed by atoms with Gasteiger partial charge in [-0.1, -0.05) is 28.1 Å². The molecule has 0 radical (unpaired) electrons. The first kappa shape index (κ1) is 9.94. The SMILES string of the molecule is N#Cc1ccc(F)c(C=CCBr)c1. The molecule has 1 aromatic carbocycles. The highest BCUT2D eigenvalue weighted by molar-refractivity contribution is 9.09. The average Bonchev–Trinajstić information content (AvgIpc) is 2.17. The number of rotatable bonds is 2. The fourth-order valence-corrected chi connectivity index (χ4v) is 1.10. The van der Waals surface area contributed by atoms with Crippen molar-refractivity contribution < 1.29 is 4.39 Å². The lowest BCUT2D eigenvalue weighted by atomic mass is 10.1. The molecule has 0 spiro atoms. The molecule has 0 N–H and O–H groups in total.